The third-order valence-corrected chi connectivity index (χ3v) is 3.15. The van der Waals surface area contributed by atoms with Gasteiger partial charge in [-0.25, -0.2) is 0 Å². The Morgan fingerprint density at radius 2 is 1.82 bits per heavy atom. The minimum Gasteiger partial charge on any atom is -0.306 e. The second-order valence-electron chi connectivity index (χ2n) is 5.57. The standard InChI is InChI=1S/C16H23N/c1-14(16(2,3)4)13-17-12-8-11-15-9-6-5-7-10-15/h5-7,9-10,14,17H,12-13H2,1-4H3. The molecule has 0 aliphatic heterocycles. The first-order valence-corrected chi connectivity index (χ1v) is 6.25. The van der Waals surface area contributed by atoms with Crippen LogP contribution in [0.4, 0.5) is 0 Å². The van der Waals surface area contributed by atoms with E-state index in [0.29, 0.717) is 11.3 Å². The van der Waals surface area contributed by atoms with E-state index in [-0.39, 0.29) is 0 Å². The van der Waals surface area contributed by atoms with Crippen molar-refractivity contribution in [3.63, 3.8) is 0 Å². The van der Waals surface area contributed by atoms with E-state index in [4.69, 9.17) is 0 Å². The quantitative estimate of drug-likeness (QED) is 0.619. The van der Waals surface area contributed by atoms with Crippen LogP contribution in [0.5, 0.6) is 0 Å². The first-order valence-electron chi connectivity index (χ1n) is 6.25. The van der Waals surface area contributed by atoms with Gasteiger partial charge in [0.2, 0.25) is 0 Å². The lowest BCUT2D eigenvalue weighted by Crippen LogP contribution is -2.29. The number of hydrogen-bond donors (Lipinski definition) is 1. The van der Waals surface area contributed by atoms with Gasteiger partial charge in [-0.3, -0.25) is 0 Å². The van der Waals surface area contributed by atoms with E-state index >= 15 is 0 Å². The molecule has 1 atom stereocenters. The second kappa shape index (κ2) is 6.47. The zero-order chi connectivity index (χ0) is 12.7. The average Bonchev–Trinajstić information content (AvgIpc) is 2.28. The van der Waals surface area contributed by atoms with Crippen molar-refractivity contribution in [1.29, 1.82) is 0 Å². The fraction of sp³-hybridized carbons (Fsp3) is 0.500. The Kier molecular flexibility index (Phi) is 5.25. The molecule has 0 saturated carbocycles. The van der Waals surface area contributed by atoms with Gasteiger partial charge in [0.1, 0.15) is 0 Å². The molecule has 0 aliphatic carbocycles. The first-order chi connectivity index (χ1) is 8.00. The predicted octanol–water partition coefficient (Wildman–Crippen LogP) is 3.31. The van der Waals surface area contributed by atoms with Crippen LogP contribution in [-0.4, -0.2) is 13.1 Å². The summed E-state index contributed by atoms with van der Waals surface area (Å²) in [5, 5.41) is 3.39. The molecule has 1 unspecified atom stereocenters. The summed E-state index contributed by atoms with van der Waals surface area (Å²) < 4.78 is 0. The van der Waals surface area contributed by atoms with Crippen LogP contribution in [0.2, 0.25) is 0 Å². The molecule has 0 radical (unpaired) electrons. The van der Waals surface area contributed by atoms with Crippen molar-refractivity contribution in [3.8, 4) is 11.8 Å². The van der Waals surface area contributed by atoms with Gasteiger partial charge in [-0.05, 0) is 30.0 Å². The summed E-state index contributed by atoms with van der Waals surface area (Å²) in [5.74, 6) is 6.95. The highest BCUT2D eigenvalue weighted by atomic mass is 14.8. The fourth-order valence-electron chi connectivity index (χ4n) is 1.33. The van der Waals surface area contributed by atoms with Crippen molar-refractivity contribution in [2.45, 2.75) is 27.7 Å². The van der Waals surface area contributed by atoms with Crippen LogP contribution in [0.3, 0.4) is 0 Å². The van der Waals surface area contributed by atoms with E-state index in [1.54, 1.807) is 0 Å². The smallest absolute Gasteiger partial charge is 0.0580 e. The van der Waals surface area contributed by atoms with E-state index in [1.165, 1.54) is 0 Å². The highest BCUT2D eigenvalue weighted by Gasteiger charge is 2.18. The maximum atomic E-state index is 3.39. The topological polar surface area (TPSA) is 12.0 Å². The Balaban J connectivity index is 2.28. The highest BCUT2D eigenvalue weighted by molar-refractivity contribution is 5.33. The highest BCUT2D eigenvalue weighted by Crippen LogP contribution is 2.24. The molecule has 1 aromatic carbocycles. The van der Waals surface area contributed by atoms with Gasteiger partial charge in [-0.1, -0.05) is 57.7 Å². The summed E-state index contributed by atoms with van der Waals surface area (Å²) in [4.78, 5) is 0. The van der Waals surface area contributed by atoms with Crippen molar-refractivity contribution in [3.05, 3.63) is 35.9 Å². The molecule has 0 bridgehead atoms. The first kappa shape index (κ1) is 13.8. The predicted molar refractivity (Wildman–Crippen MR) is 74.8 cm³/mol. The summed E-state index contributed by atoms with van der Waals surface area (Å²) in [5.41, 5.74) is 1.44. The zero-order valence-corrected chi connectivity index (χ0v) is 11.4. The largest absolute Gasteiger partial charge is 0.306 e. The van der Waals surface area contributed by atoms with Gasteiger partial charge < -0.3 is 5.32 Å². The minimum absolute atomic E-state index is 0.361. The van der Waals surface area contributed by atoms with Gasteiger partial charge in [0.05, 0.1) is 6.54 Å². The molecule has 17 heavy (non-hydrogen) atoms. The number of hydrogen-bond acceptors (Lipinski definition) is 1. The second-order valence-corrected chi connectivity index (χ2v) is 5.57. The fourth-order valence-corrected chi connectivity index (χ4v) is 1.33. The van der Waals surface area contributed by atoms with Crippen molar-refractivity contribution >= 4 is 0 Å². The molecular formula is C16H23N. The Bertz CT molecular complexity index is 375. The average molecular weight is 229 g/mol. The maximum absolute atomic E-state index is 3.39. The Labute approximate surface area is 106 Å². The molecule has 0 aromatic heterocycles. The van der Waals surface area contributed by atoms with Crippen LogP contribution in [0.25, 0.3) is 0 Å². The third-order valence-electron chi connectivity index (χ3n) is 3.15. The van der Waals surface area contributed by atoms with Crippen LogP contribution < -0.4 is 5.32 Å². The molecule has 0 fully saturated rings. The summed E-state index contributed by atoms with van der Waals surface area (Å²) in [6.07, 6.45) is 0. The Morgan fingerprint density at radius 3 is 2.41 bits per heavy atom. The van der Waals surface area contributed by atoms with Gasteiger partial charge >= 0.3 is 0 Å². The van der Waals surface area contributed by atoms with E-state index < -0.39 is 0 Å². The molecule has 1 aromatic rings. The normalized spacial score (nSPS) is 12.7. The van der Waals surface area contributed by atoms with Crippen molar-refractivity contribution in [1.82, 2.24) is 5.32 Å². The molecule has 0 spiro atoms. The van der Waals surface area contributed by atoms with Crippen LogP contribution in [-0.2, 0) is 0 Å². The van der Waals surface area contributed by atoms with Gasteiger partial charge in [0, 0.05) is 5.56 Å². The number of rotatable bonds is 3. The van der Waals surface area contributed by atoms with Crippen LogP contribution in [0.1, 0.15) is 33.3 Å². The van der Waals surface area contributed by atoms with Crippen molar-refractivity contribution in [2.24, 2.45) is 11.3 Å². The maximum Gasteiger partial charge on any atom is 0.0580 e. The number of benzene rings is 1. The SMILES string of the molecule is CC(CNCC#Cc1ccccc1)C(C)(C)C. The molecule has 1 nitrogen and oxygen atoms in total. The van der Waals surface area contributed by atoms with Gasteiger partial charge in [0.15, 0.2) is 0 Å². The molecule has 1 rings (SSSR count). The lowest BCUT2D eigenvalue weighted by atomic mass is 9.82. The molecular weight excluding hydrogens is 206 g/mol. The summed E-state index contributed by atoms with van der Waals surface area (Å²) in [6, 6.07) is 10.1. The molecule has 92 valence electrons. The summed E-state index contributed by atoms with van der Waals surface area (Å²) >= 11 is 0. The lowest BCUT2D eigenvalue weighted by Gasteiger charge is -2.27. The van der Waals surface area contributed by atoms with E-state index in [0.717, 1.165) is 18.7 Å². The molecule has 0 amide bonds. The zero-order valence-electron chi connectivity index (χ0n) is 11.4. The van der Waals surface area contributed by atoms with E-state index in [2.05, 4.69) is 44.9 Å². The summed E-state index contributed by atoms with van der Waals surface area (Å²) in [6.45, 7) is 10.9. The van der Waals surface area contributed by atoms with Crippen LogP contribution in [0.15, 0.2) is 30.3 Å². The molecule has 1 N–H and O–H groups in total. The Hall–Kier alpha value is -1.26. The molecule has 0 heterocycles. The lowest BCUT2D eigenvalue weighted by molar-refractivity contribution is 0.256. The molecule has 0 saturated heterocycles. The van der Waals surface area contributed by atoms with Gasteiger partial charge in [0.25, 0.3) is 0 Å². The molecule has 1 heteroatoms. The summed E-state index contributed by atoms with van der Waals surface area (Å²) in [7, 11) is 0. The van der Waals surface area contributed by atoms with Gasteiger partial charge in [-0.2, -0.15) is 0 Å². The minimum atomic E-state index is 0.361. The number of nitrogens with one attached hydrogen (secondary N) is 1. The van der Waals surface area contributed by atoms with Crippen LogP contribution in [0, 0.1) is 23.2 Å². The van der Waals surface area contributed by atoms with Crippen LogP contribution >= 0.6 is 0 Å². The monoisotopic (exact) mass is 229 g/mol. The van der Waals surface area contributed by atoms with Gasteiger partial charge in [-0.15, -0.1) is 0 Å². The Morgan fingerprint density at radius 1 is 1.18 bits per heavy atom. The van der Waals surface area contributed by atoms with E-state index in [1.807, 2.05) is 30.3 Å². The van der Waals surface area contributed by atoms with Crippen molar-refractivity contribution < 1.29 is 0 Å². The van der Waals surface area contributed by atoms with E-state index in [9.17, 15) is 0 Å². The third kappa shape index (κ3) is 5.56. The molecule has 0 aliphatic rings. The van der Waals surface area contributed by atoms with Crippen molar-refractivity contribution in [2.75, 3.05) is 13.1 Å².